The molecule has 2 aromatic carbocycles. The van der Waals surface area contributed by atoms with Gasteiger partial charge in [0, 0.05) is 23.1 Å². The van der Waals surface area contributed by atoms with Crippen LogP contribution in [-0.2, 0) is 0 Å². The molecule has 1 atom stereocenters. The highest BCUT2D eigenvalue weighted by atomic mass is 16.5. The SMILES string of the molecule is CC1COc2c1c(Oc1cccc(/C(N)=N/NN)c1)cc1nc(N)nc(N)c21. The lowest BCUT2D eigenvalue weighted by atomic mass is 9.99. The van der Waals surface area contributed by atoms with Gasteiger partial charge in [0.2, 0.25) is 5.95 Å². The highest BCUT2D eigenvalue weighted by molar-refractivity contribution is 5.98. The number of nitrogens with two attached hydrogens (primary N) is 4. The van der Waals surface area contributed by atoms with Gasteiger partial charge in [0.15, 0.2) is 5.84 Å². The minimum absolute atomic E-state index is 0.0854. The lowest BCUT2D eigenvalue weighted by Crippen LogP contribution is -2.22. The number of nitrogens with zero attached hydrogens (tertiary/aromatic N) is 3. The third-order valence-electron chi connectivity index (χ3n) is 4.50. The first-order valence-electron chi connectivity index (χ1n) is 8.57. The number of rotatable bonds is 4. The standard InChI is InChI=1S/C18H20N8O2/c1-8-7-27-15-13(8)12(6-11-14(15)17(20)24-18(21)23-11)28-10-4-2-3-9(5-10)16(19)25-26-22/h2-6,8,26H,7,22H2,1H3,(H2,19,25)(H4,20,21,23,24). The van der Waals surface area contributed by atoms with Crippen molar-refractivity contribution in [3.8, 4) is 17.2 Å². The normalized spacial score (nSPS) is 15.9. The van der Waals surface area contributed by atoms with Crippen molar-refractivity contribution < 1.29 is 9.47 Å². The van der Waals surface area contributed by atoms with E-state index in [-0.39, 0.29) is 23.5 Å². The van der Waals surface area contributed by atoms with Gasteiger partial charge in [0.05, 0.1) is 17.5 Å². The summed E-state index contributed by atoms with van der Waals surface area (Å²) in [7, 11) is 0. The Morgan fingerprint density at radius 3 is 2.89 bits per heavy atom. The Labute approximate surface area is 160 Å². The van der Waals surface area contributed by atoms with E-state index < -0.39 is 0 Å². The second-order valence-corrected chi connectivity index (χ2v) is 6.45. The molecule has 1 aliphatic heterocycles. The Balaban J connectivity index is 1.83. The molecule has 1 aliphatic rings. The fraction of sp³-hybridized carbons (Fsp3) is 0.167. The first-order valence-corrected chi connectivity index (χ1v) is 8.57. The average molecular weight is 380 g/mol. The third-order valence-corrected chi connectivity index (χ3v) is 4.50. The van der Waals surface area contributed by atoms with Crippen molar-refractivity contribution in [3.63, 3.8) is 0 Å². The Morgan fingerprint density at radius 2 is 2.11 bits per heavy atom. The van der Waals surface area contributed by atoms with Crippen LogP contribution in [-0.4, -0.2) is 22.4 Å². The monoisotopic (exact) mass is 380 g/mol. The van der Waals surface area contributed by atoms with Gasteiger partial charge < -0.3 is 26.7 Å². The molecule has 9 N–H and O–H groups in total. The van der Waals surface area contributed by atoms with Gasteiger partial charge in [0.25, 0.3) is 0 Å². The Bertz CT molecular complexity index is 1100. The van der Waals surface area contributed by atoms with E-state index in [4.69, 9.17) is 32.5 Å². The van der Waals surface area contributed by atoms with Gasteiger partial charge in [-0.3, -0.25) is 0 Å². The first-order chi connectivity index (χ1) is 13.5. The number of hydrogen-bond donors (Lipinski definition) is 5. The van der Waals surface area contributed by atoms with Crippen LogP contribution in [0.4, 0.5) is 11.8 Å². The van der Waals surface area contributed by atoms with Crippen LogP contribution in [0.3, 0.4) is 0 Å². The van der Waals surface area contributed by atoms with Crippen molar-refractivity contribution >= 4 is 28.5 Å². The Kier molecular flexibility index (Phi) is 4.24. The predicted molar refractivity (Wildman–Crippen MR) is 107 cm³/mol. The molecule has 0 fully saturated rings. The van der Waals surface area contributed by atoms with E-state index in [0.29, 0.717) is 40.3 Å². The summed E-state index contributed by atoms with van der Waals surface area (Å²) in [4.78, 5) is 8.32. The number of aromatic nitrogens is 2. The second kappa shape index (κ2) is 6.74. The molecule has 2 heterocycles. The number of benzene rings is 2. The molecule has 10 heteroatoms. The van der Waals surface area contributed by atoms with E-state index in [1.165, 1.54) is 0 Å². The average Bonchev–Trinajstić information content (AvgIpc) is 3.03. The largest absolute Gasteiger partial charge is 0.492 e. The van der Waals surface area contributed by atoms with E-state index >= 15 is 0 Å². The topological polar surface area (TPSA) is 173 Å². The van der Waals surface area contributed by atoms with Crippen LogP contribution in [0.15, 0.2) is 35.4 Å². The number of amidine groups is 1. The van der Waals surface area contributed by atoms with Crippen LogP contribution < -0.4 is 38.1 Å². The fourth-order valence-electron chi connectivity index (χ4n) is 3.27. The number of hydrazine groups is 1. The number of fused-ring (bicyclic) bond motifs is 3. The van der Waals surface area contributed by atoms with Crippen molar-refractivity contribution in [2.45, 2.75) is 12.8 Å². The van der Waals surface area contributed by atoms with Crippen LogP contribution in [0.5, 0.6) is 17.2 Å². The number of hydrogen-bond acceptors (Lipinski definition) is 9. The molecule has 3 aromatic rings. The molecule has 0 aliphatic carbocycles. The molecule has 1 unspecified atom stereocenters. The van der Waals surface area contributed by atoms with Crippen LogP contribution in [0.2, 0.25) is 0 Å². The van der Waals surface area contributed by atoms with Crippen molar-refractivity contribution in [2.75, 3.05) is 18.1 Å². The summed E-state index contributed by atoms with van der Waals surface area (Å²) >= 11 is 0. The number of anilines is 2. The van der Waals surface area contributed by atoms with Crippen LogP contribution >= 0.6 is 0 Å². The minimum Gasteiger partial charge on any atom is -0.492 e. The third kappa shape index (κ3) is 2.95. The molecule has 0 saturated carbocycles. The molecule has 28 heavy (non-hydrogen) atoms. The zero-order chi connectivity index (χ0) is 19.8. The maximum atomic E-state index is 6.16. The summed E-state index contributed by atoms with van der Waals surface area (Å²) in [5, 5.41) is 4.41. The molecule has 1 aromatic heterocycles. The maximum absolute atomic E-state index is 6.16. The van der Waals surface area contributed by atoms with Gasteiger partial charge in [-0.05, 0) is 12.1 Å². The summed E-state index contributed by atoms with van der Waals surface area (Å²) in [5.41, 5.74) is 22.0. The van der Waals surface area contributed by atoms with E-state index in [0.717, 1.165) is 5.56 Å². The molecular weight excluding hydrogens is 360 g/mol. The second-order valence-electron chi connectivity index (χ2n) is 6.45. The number of nitrogens with one attached hydrogen (secondary N) is 1. The van der Waals surface area contributed by atoms with Crippen molar-refractivity contribution in [2.24, 2.45) is 16.7 Å². The quantitative estimate of drug-likeness (QED) is 0.193. The summed E-state index contributed by atoms with van der Waals surface area (Å²) in [5.74, 6) is 7.71. The van der Waals surface area contributed by atoms with E-state index in [1.54, 1.807) is 18.2 Å². The van der Waals surface area contributed by atoms with Crippen molar-refractivity contribution in [3.05, 3.63) is 41.5 Å². The summed E-state index contributed by atoms with van der Waals surface area (Å²) in [6.45, 7) is 2.56. The van der Waals surface area contributed by atoms with Gasteiger partial charge in [-0.1, -0.05) is 19.1 Å². The van der Waals surface area contributed by atoms with Gasteiger partial charge in [-0.15, -0.1) is 5.10 Å². The molecule has 10 nitrogen and oxygen atoms in total. The van der Waals surface area contributed by atoms with E-state index in [2.05, 4.69) is 20.6 Å². The zero-order valence-electron chi connectivity index (χ0n) is 15.1. The smallest absolute Gasteiger partial charge is 0.222 e. The van der Waals surface area contributed by atoms with Crippen LogP contribution in [0.25, 0.3) is 10.9 Å². The van der Waals surface area contributed by atoms with Gasteiger partial charge in [-0.2, -0.15) is 4.98 Å². The molecule has 144 valence electrons. The summed E-state index contributed by atoms with van der Waals surface area (Å²) in [6.07, 6.45) is 0. The maximum Gasteiger partial charge on any atom is 0.222 e. The molecule has 0 saturated heterocycles. The molecular formula is C18H20N8O2. The van der Waals surface area contributed by atoms with Gasteiger partial charge in [-0.25, -0.2) is 16.4 Å². The number of ether oxygens (including phenoxy) is 2. The number of nitrogen functional groups attached to an aromatic ring is 2. The molecule has 0 spiro atoms. The first kappa shape index (κ1) is 17.6. The molecule has 0 amide bonds. The van der Waals surface area contributed by atoms with Gasteiger partial charge >= 0.3 is 0 Å². The molecule has 0 bridgehead atoms. The number of hydrazone groups is 1. The summed E-state index contributed by atoms with van der Waals surface area (Å²) in [6, 6.07) is 8.97. The van der Waals surface area contributed by atoms with E-state index in [1.807, 2.05) is 19.1 Å². The molecule has 0 radical (unpaired) electrons. The van der Waals surface area contributed by atoms with Crippen LogP contribution in [0.1, 0.15) is 24.0 Å². The van der Waals surface area contributed by atoms with E-state index in [9.17, 15) is 0 Å². The van der Waals surface area contributed by atoms with Gasteiger partial charge in [0.1, 0.15) is 23.1 Å². The zero-order valence-corrected chi connectivity index (χ0v) is 15.1. The fourth-order valence-corrected chi connectivity index (χ4v) is 3.27. The highest BCUT2D eigenvalue weighted by Gasteiger charge is 2.29. The Hall–Kier alpha value is -3.79. The summed E-state index contributed by atoms with van der Waals surface area (Å²) < 4.78 is 12.0. The lowest BCUT2D eigenvalue weighted by Gasteiger charge is -2.15. The Morgan fingerprint density at radius 1 is 1.29 bits per heavy atom. The lowest BCUT2D eigenvalue weighted by molar-refractivity contribution is 0.340. The predicted octanol–water partition coefficient (Wildman–Crippen LogP) is 1.17. The highest BCUT2D eigenvalue weighted by Crippen LogP contribution is 2.47. The molecule has 4 rings (SSSR count). The van der Waals surface area contributed by atoms with Crippen molar-refractivity contribution in [1.29, 1.82) is 0 Å². The van der Waals surface area contributed by atoms with Crippen molar-refractivity contribution in [1.82, 2.24) is 15.5 Å². The minimum atomic E-state index is 0.0854. The van der Waals surface area contributed by atoms with Crippen LogP contribution in [0, 0.1) is 0 Å².